The van der Waals surface area contributed by atoms with Gasteiger partial charge in [0.2, 0.25) is 5.91 Å². The van der Waals surface area contributed by atoms with E-state index in [2.05, 4.69) is 10.3 Å². The van der Waals surface area contributed by atoms with Crippen molar-refractivity contribution in [2.24, 2.45) is 0 Å². The van der Waals surface area contributed by atoms with Crippen LogP contribution in [-0.4, -0.2) is 22.0 Å². The number of aliphatic hydroxyl groups excluding tert-OH is 1. The van der Waals surface area contributed by atoms with Gasteiger partial charge < -0.3 is 15.4 Å². The molecule has 6 heteroatoms. The number of benzene rings is 1. The van der Waals surface area contributed by atoms with Gasteiger partial charge in [-0.05, 0) is 36.8 Å². The Balaban J connectivity index is 1.96. The highest BCUT2D eigenvalue weighted by Gasteiger charge is 2.20. The molecule has 0 radical (unpaired) electrons. The van der Waals surface area contributed by atoms with Crippen molar-refractivity contribution in [2.75, 3.05) is 0 Å². The highest BCUT2D eigenvalue weighted by atomic mass is 19.2. The van der Waals surface area contributed by atoms with Gasteiger partial charge in [-0.2, -0.15) is 0 Å². The number of rotatable bonds is 5. The maximum absolute atomic E-state index is 13.1. The summed E-state index contributed by atoms with van der Waals surface area (Å²) in [4.78, 5) is 14.7. The van der Waals surface area contributed by atoms with Crippen molar-refractivity contribution >= 4 is 5.91 Å². The summed E-state index contributed by atoms with van der Waals surface area (Å²) in [5.74, 6) is -2.28. The first-order valence-electron chi connectivity index (χ1n) is 6.52. The molecule has 2 unspecified atom stereocenters. The predicted molar refractivity (Wildman–Crippen MR) is 73.4 cm³/mol. The summed E-state index contributed by atoms with van der Waals surface area (Å²) in [6.45, 7) is 1.60. The van der Waals surface area contributed by atoms with Crippen molar-refractivity contribution in [2.45, 2.75) is 25.5 Å². The third kappa shape index (κ3) is 3.88. The lowest BCUT2D eigenvalue weighted by molar-refractivity contribution is -0.121. The van der Waals surface area contributed by atoms with E-state index in [1.807, 2.05) is 0 Å². The molecule has 0 spiro atoms. The van der Waals surface area contributed by atoms with E-state index in [1.165, 1.54) is 6.07 Å². The van der Waals surface area contributed by atoms with E-state index in [0.29, 0.717) is 0 Å². The molecule has 2 rings (SSSR count). The molecule has 4 nitrogen and oxygen atoms in total. The molecule has 0 saturated heterocycles. The molecule has 1 aromatic heterocycles. The number of hydrogen-bond acceptors (Lipinski definition) is 2. The molecule has 1 heterocycles. The van der Waals surface area contributed by atoms with Crippen molar-refractivity contribution in [3.05, 3.63) is 59.4 Å². The molecule has 0 aliphatic carbocycles. The molecule has 2 aromatic rings. The average molecular weight is 294 g/mol. The van der Waals surface area contributed by atoms with Gasteiger partial charge in [0.05, 0.1) is 18.6 Å². The first-order valence-corrected chi connectivity index (χ1v) is 6.52. The number of amides is 1. The quantitative estimate of drug-likeness (QED) is 0.790. The molecule has 0 fully saturated rings. The van der Waals surface area contributed by atoms with Crippen LogP contribution in [0, 0.1) is 11.6 Å². The number of aliphatic hydroxyl groups is 1. The van der Waals surface area contributed by atoms with Gasteiger partial charge in [-0.1, -0.05) is 6.07 Å². The molecule has 1 amide bonds. The molecule has 1 aromatic carbocycles. The van der Waals surface area contributed by atoms with Crippen LogP contribution >= 0.6 is 0 Å². The third-order valence-electron chi connectivity index (χ3n) is 3.16. The number of halogens is 2. The fourth-order valence-electron chi connectivity index (χ4n) is 2.02. The standard InChI is InChI=1S/C15H16F2N2O2/c1-9(19-14(20)8-11-3-2-6-18-11)15(21)10-4-5-12(16)13(17)7-10/h2-7,9,15,18,21H,8H2,1H3,(H,19,20). The van der Waals surface area contributed by atoms with Crippen LogP contribution in [0.5, 0.6) is 0 Å². The van der Waals surface area contributed by atoms with E-state index in [4.69, 9.17) is 0 Å². The SMILES string of the molecule is CC(NC(=O)Cc1ccc[nH]1)C(O)c1ccc(F)c(F)c1. The zero-order valence-corrected chi connectivity index (χ0v) is 11.4. The zero-order chi connectivity index (χ0) is 15.4. The maximum Gasteiger partial charge on any atom is 0.226 e. The van der Waals surface area contributed by atoms with Gasteiger partial charge in [-0.15, -0.1) is 0 Å². The molecule has 112 valence electrons. The van der Waals surface area contributed by atoms with E-state index in [1.54, 1.807) is 25.3 Å². The molecular formula is C15H16F2N2O2. The molecular weight excluding hydrogens is 278 g/mol. The van der Waals surface area contributed by atoms with Gasteiger partial charge in [0.1, 0.15) is 0 Å². The van der Waals surface area contributed by atoms with Crippen molar-refractivity contribution in [3.63, 3.8) is 0 Å². The fraction of sp³-hybridized carbons (Fsp3) is 0.267. The Kier molecular flexibility index (Phi) is 4.70. The third-order valence-corrected chi connectivity index (χ3v) is 3.16. The zero-order valence-electron chi connectivity index (χ0n) is 11.4. The van der Waals surface area contributed by atoms with Crippen LogP contribution in [0.3, 0.4) is 0 Å². The fourth-order valence-corrected chi connectivity index (χ4v) is 2.02. The van der Waals surface area contributed by atoms with Gasteiger partial charge in [-0.25, -0.2) is 8.78 Å². The van der Waals surface area contributed by atoms with Crippen LogP contribution in [0.25, 0.3) is 0 Å². The van der Waals surface area contributed by atoms with Gasteiger partial charge in [-0.3, -0.25) is 4.79 Å². The number of hydrogen-bond donors (Lipinski definition) is 3. The van der Waals surface area contributed by atoms with Crippen molar-refractivity contribution < 1.29 is 18.7 Å². The second-order valence-electron chi connectivity index (χ2n) is 4.85. The highest BCUT2D eigenvalue weighted by Crippen LogP contribution is 2.19. The second-order valence-corrected chi connectivity index (χ2v) is 4.85. The maximum atomic E-state index is 13.1. The minimum absolute atomic E-state index is 0.155. The predicted octanol–water partition coefficient (Wildman–Crippen LogP) is 2.07. The number of H-pyrrole nitrogens is 1. The Morgan fingerprint density at radius 3 is 2.71 bits per heavy atom. The summed E-state index contributed by atoms with van der Waals surface area (Å²) < 4.78 is 26.0. The minimum atomic E-state index is -1.12. The van der Waals surface area contributed by atoms with Crippen LogP contribution < -0.4 is 5.32 Å². The molecule has 21 heavy (non-hydrogen) atoms. The van der Waals surface area contributed by atoms with Crippen LogP contribution in [0.15, 0.2) is 36.5 Å². The Bertz CT molecular complexity index is 614. The lowest BCUT2D eigenvalue weighted by Gasteiger charge is -2.20. The number of carbonyl (C=O) groups excluding carboxylic acids is 1. The van der Waals surface area contributed by atoms with Crippen LogP contribution in [0.1, 0.15) is 24.3 Å². The highest BCUT2D eigenvalue weighted by molar-refractivity contribution is 5.78. The lowest BCUT2D eigenvalue weighted by atomic mass is 10.0. The van der Waals surface area contributed by atoms with Crippen LogP contribution in [-0.2, 0) is 11.2 Å². The first kappa shape index (κ1) is 15.2. The van der Waals surface area contributed by atoms with Crippen LogP contribution in [0.4, 0.5) is 8.78 Å². The second kappa shape index (κ2) is 6.49. The largest absolute Gasteiger partial charge is 0.386 e. The van der Waals surface area contributed by atoms with Crippen LogP contribution in [0.2, 0.25) is 0 Å². The molecule has 3 N–H and O–H groups in total. The van der Waals surface area contributed by atoms with E-state index < -0.39 is 23.8 Å². The average Bonchev–Trinajstić information content (AvgIpc) is 2.93. The summed E-state index contributed by atoms with van der Waals surface area (Å²) >= 11 is 0. The van der Waals surface area contributed by atoms with E-state index in [-0.39, 0.29) is 17.9 Å². The normalized spacial score (nSPS) is 13.7. The van der Waals surface area contributed by atoms with Crippen molar-refractivity contribution in [1.29, 1.82) is 0 Å². The number of aromatic amines is 1. The smallest absolute Gasteiger partial charge is 0.226 e. The van der Waals surface area contributed by atoms with Crippen molar-refractivity contribution in [1.82, 2.24) is 10.3 Å². The first-order chi connectivity index (χ1) is 9.97. The molecule has 0 bridgehead atoms. The molecule has 2 atom stereocenters. The number of nitrogens with one attached hydrogen (secondary N) is 2. The van der Waals surface area contributed by atoms with Gasteiger partial charge in [0.25, 0.3) is 0 Å². The summed E-state index contributed by atoms with van der Waals surface area (Å²) in [5, 5.41) is 12.7. The molecule has 0 aliphatic heterocycles. The van der Waals surface area contributed by atoms with Gasteiger partial charge in [0, 0.05) is 11.9 Å². The van der Waals surface area contributed by atoms with Gasteiger partial charge in [0.15, 0.2) is 11.6 Å². The Morgan fingerprint density at radius 2 is 2.10 bits per heavy atom. The van der Waals surface area contributed by atoms with E-state index in [0.717, 1.165) is 17.8 Å². The Labute approximate surface area is 120 Å². The monoisotopic (exact) mass is 294 g/mol. The molecule has 0 aliphatic rings. The summed E-state index contributed by atoms with van der Waals surface area (Å²) in [6, 6.07) is 6.08. The lowest BCUT2D eigenvalue weighted by Crippen LogP contribution is -2.38. The molecule has 0 saturated carbocycles. The Morgan fingerprint density at radius 1 is 1.33 bits per heavy atom. The topological polar surface area (TPSA) is 65.1 Å². The number of carbonyl (C=O) groups is 1. The summed E-state index contributed by atoms with van der Waals surface area (Å²) in [6.07, 6.45) is 0.747. The van der Waals surface area contributed by atoms with Gasteiger partial charge >= 0.3 is 0 Å². The minimum Gasteiger partial charge on any atom is -0.386 e. The Hall–Kier alpha value is -2.21. The van der Waals surface area contributed by atoms with Crippen molar-refractivity contribution in [3.8, 4) is 0 Å². The van der Waals surface area contributed by atoms with E-state index >= 15 is 0 Å². The summed E-state index contributed by atoms with van der Waals surface area (Å²) in [7, 11) is 0. The number of aromatic nitrogens is 1. The summed E-state index contributed by atoms with van der Waals surface area (Å²) in [5.41, 5.74) is 0.962. The van der Waals surface area contributed by atoms with E-state index in [9.17, 15) is 18.7 Å².